The molecule has 0 saturated carbocycles. The molecule has 8 heteroatoms. The standard InChI is InChI=1S/C22H20N6O2/c29-20-6-5-19(15-7-10-23-11-8-15)26-28(20)14-16-3-2-12-27(16)22(30)18-13-25-21-17(18)4-1-9-24-21/h1,4-11,13,16H,2-3,12,14H2,(H,24,25). The number of likely N-dealkylation sites (tertiary alicyclic amines) is 1. The summed E-state index contributed by atoms with van der Waals surface area (Å²) < 4.78 is 1.46. The minimum Gasteiger partial charge on any atom is -0.345 e. The van der Waals surface area contributed by atoms with E-state index in [1.165, 1.54) is 10.7 Å². The van der Waals surface area contributed by atoms with E-state index < -0.39 is 0 Å². The number of fused-ring (bicyclic) bond motifs is 1. The van der Waals surface area contributed by atoms with E-state index in [1.807, 2.05) is 29.2 Å². The molecule has 5 heterocycles. The normalized spacial score (nSPS) is 16.3. The molecule has 8 nitrogen and oxygen atoms in total. The maximum Gasteiger partial charge on any atom is 0.266 e. The summed E-state index contributed by atoms with van der Waals surface area (Å²) in [6.45, 7) is 1.03. The maximum atomic E-state index is 13.3. The van der Waals surface area contributed by atoms with Gasteiger partial charge in [-0.25, -0.2) is 9.67 Å². The van der Waals surface area contributed by atoms with Crippen LogP contribution in [0.5, 0.6) is 0 Å². The molecule has 1 unspecified atom stereocenters. The Morgan fingerprint density at radius 2 is 2.00 bits per heavy atom. The van der Waals surface area contributed by atoms with E-state index in [2.05, 4.69) is 20.1 Å². The van der Waals surface area contributed by atoms with Crippen LogP contribution >= 0.6 is 0 Å². The van der Waals surface area contributed by atoms with Crippen molar-refractivity contribution in [2.45, 2.75) is 25.4 Å². The lowest BCUT2D eigenvalue weighted by molar-refractivity contribution is 0.0722. The lowest BCUT2D eigenvalue weighted by atomic mass is 10.1. The van der Waals surface area contributed by atoms with Crippen LogP contribution in [0.3, 0.4) is 0 Å². The summed E-state index contributed by atoms with van der Waals surface area (Å²) in [6.07, 6.45) is 8.53. The van der Waals surface area contributed by atoms with Crippen molar-refractivity contribution in [1.29, 1.82) is 0 Å². The number of hydrogen-bond donors (Lipinski definition) is 1. The first kappa shape index (κ1) is 18.2. The Balaban J connectivity index is 1.42. The van der Waals surface area contributed by atoms with Gasteiger partial charge in [0.1, 0.15) is 5.65 Å². The number of nitrogens with one attached hydrogen (secondary N) is 1. The minimum atomic E-state index is -0.177. The van der Waals surface area contributed by atoms with Crippen LogP contribution in [0.15, 0.2) is 66.0 Å². The fourth-order valence-corrected chi connectivity index (χ4v) is 4.04. The van der Waals surface area contributed by atoms with Crippen LogP contribution < -0.4 is 5.56 Å². The lowest BCUT2D eigenvalue weighted by Gasteiger charge is -2.25. The summed E-state index contributed by atoms with van der Waals surface area (Å²) in [4.78, 5) is 38.9. The zero-order chi connectivity index (χ0) is 20.5. The molecule has 0 radical (unpaired) electrons. The molecular formula is C22H20N6O2. The van der Waals surface area contributed by atoms with Crippen molar-refractivity contribution >= 4 is 16.9 Å². The minimum absolute atomic E-state index is 0.0462. The molecule has 5 rings (SSSR count). The van der Waals surface area contributed by atoms with Gasteiger partial charge in [0.15, 0.2) is 0 Å². The first-order valence-corrected chi connectivity index (χ1v) is 9.92. The van der Waals surface area contributed by atoms with E-state index in [4.69, 9.17) is 0 Å². The fraction of sp³-hybridized carbons (Fsp3) is 0.227. The van der Waals surface area contributed by atoms with Gasteiger partial charge in [0, 0.05) is 48.3 Å². The van der Waals surface area contributed by atoms with Gasteiger partial charge in [0.2, 0.25) is 0 Å². The molecule has 30 heavy (non-hydrogen) atoms. The molecule has 0 aromatic carbocycles. The van der Waals surface area contributed by atoms with Gasteiger partial charge in [-0.2, -0.15) is 5.10 Å². The average molecular weight is 400 g/mol. The van der Waals surface area contributed by atoms with Crippen LogP contribution in [0.4, 0.5) is 0 Å². The number of carbonyl (C=O) groups excluding carboxylic acids is 1. The molecule has 1 fully saturated rings. The number of pyridine rings is 2. The summed E-state index contributed by atoms with van der Waals surface area (Å²) in [6, 6.07) is 10.6. The molecule has 1 N–H and O–H groups in total. The Morgan fingerprint density at radius 3 is 2.87 bits per heavy atom. The predicted molar refractivity (Wildman–Crippen MR) is 112 cm³/mol. The highest BCUT2D eigenvalue weighted by Gasteiger charge is 2.31. The van der Waals surface area contributed by atoms with E-state index in [0.29, 0.717) is 30.0 Å². The molecule has 1 saturated heterocycles. The first-order chi connectivity index (χ1) is 14.7. The van der Waals surface area contributed by atoms with Crippen molar-refractivity contribution in [3.63, 3.8) is 0 Å². The van der Waals surface area contributed by atoms with Crippen LogP contribution in [-0.4, -0.2) is 48.1 Å². The van der Waals surface area contributed by atoms with Crippen molar-refractivity contribution in [3.05, 3.63) is 77.1 Å². The summed E-state index contributed by atoms with van der Waals surface area (Å²) in [5.41, 5.74) is 2.72. The van der Waals surface area contributed by atoms with Gasteiger partial charge in [-0.3, -0.25) is 14.6 Å². The third-order valence-corrected chi connectivity index (χ3v) is 5.55. The molecular weight excluding hydrogens is 380 g/mol. The van der Waals surface area contributed by atoms with Crippen molar-refractivity contribution in [2.24, 2.45) is 0 Å². The Bertz CT molecular complexity index is 1260. The molecule has 1 atom stereocenters. The number of nitrogens with zero attached hydrogens (tertiary/aromatic N) is 5. The van der Waals surface area contributed by atoms with Gasteiger partial charge in [-0.1, -0.05) is 0 Å². The van der Waals surface area contributed by atoms with Gasteiger partial charge in [0.05, 0.1) is 23.8 Å². The summed E-state index contributed by atoms with van der Waals surface area (Å²) >= 11 is 0. The summed E-state index contributed by atoms with van der Waals surface area (Å²) in [7, 11) is 0. The van der Waals surface area contributed by atoms with Crippen LogP contribution in [0.1, 0.15) is 23.2 Å². The number of hydrogen-bond acceptors (Lipinski definition) is 5. The van der Waals surface area contributed by atoms with Crippen molar-refractivity contribution in [3.8, 4) is 11.3 Å². The highest BCUT2D eigenvalue weighted by molar-refractivity contribution is 6.06. The molecule has 150 valence electrons. The number of amides is 1. The lowest BCUT2D eigenvalue weighted by Crippen LogP contribution is -2.40. The van der Waals surface area contributed by atoms with Gasteiger partial charge in [-0.15, -0.1) is 0 Å². The number of carbonyl (C=O) groups is 1. The average Bonchev–Trinajstić information content (AvgIpc) is 3.42. The molecule has 1 amide bonds. The van der Waals surface area contributed by atoms with Crippen molar-refractivity contribution in [2.75, 3.05) is 6.54 Å². The maximum absolute atomic E-state index is 13.3. The second-order valence-electron chi connectivity index (χ2n) is 7.37. The van der Waals surface area contributed by atoms with Gasteiger partial charge < -0.3 is 9.88 Å². The number of aromatic amines is 1. The van der Waals surface area contributed by atoms with Gasteiger partial charge in [0.25, 0.3) is 11.5 Å². The third kappa shape index (κ3) is 3.26. The molecule has 0 aliphatic carbocycles. The fourth-order valence-electron chi connectivity index (χ4n) is 4.04. The Labute approximate surface area is 172 Å². The smallest absolute Gasteiger partial charge is 0.266 e. The zero-order valence-electron chi connectivity index (χ0n) is 16.2. The van der Waals surface area contributed by atoms with E-state index in [0.717, 1.165) is 23.8 Å². The highest BCUT2D eigenvalue weighted by atomic mass is 16.2. The van der Waals surface area contributed by atoms with Crippen LogP contribution in [0.25, 0.3) is 22.3 Å². The molecule has 0 bridgehead atoms. The molecule has 1 aliphatic heterocycles. The van der Waals surface area contributed by atoms with Crippen LogP contribution in [-0.2, 0) is 6.54 Å². The summed E-state index contributed by atoms with van der Waals surface area (Å²) in [5, 5.41) is 5.34. The zero-order valence-corrected chi connectivity index (χ0v) is 16.2. The topological polar surface area (TPSA) is 96.8 Å². The molecule has 4 aromatic rings. The third-order valence-electron chi connectivity index (χ3n) is 5.55. The number of rotatable bonds is 4. The molecule has 4 aromatic heterocycles. The Hall–Kier alpha value is -3.81. The molecule has 0 spiro atoms. The largest absolute Gasteiger partial charge is 0.345 e. The first-order valence-electron chi connectivity index (χ1n) is 9.92. The second-order valence-corrected chi connectivity index (χ2v) is 7.37. The highest BCUT2D eigenvalue weighted by Crippen LogP contribution is 2.24. The Morgan fingerprint density at radius 1 is 1.13 bits per heavy atom. The van der Waals surface area contributed by atoms with Gasteiger partial charge >= 0.3 is 0 Å². The van der Waals surface area contributed by atoms with Gasteiger partial charge in [-0.05, 0) is 43.2 Å². The van der Waals surface area contributed by atoms with E-state index in [9.17, 15) is 9.59 Å². The number of H-pyrrole nitrogens is 1. The SMILES string of the molecule is O=C(c1c[nH]c2ncccc12)N1CCCC1Cn1nc(-c2ccncc2)ccc1=O. The predicted octanol–water partition coefficient (Wildman–Crippen LogP) is 2.49. The van der Waals surface area contributed by atoms with Crippen LogP contribution in [0, 0.1) is 0 Å². The second kappa shape index (κ2) is 7.55. The monoisotopic (exact) mass is 400 g/mol. The van der Waals surface area contributed by atoms with E-state index >= 15 is 0 Å². The molecule has 1 aliphatic rings. The van der Waals surface area contributed by atoms with Crippen molar-refractivity contribution < 1.29 is 4.79 Å². The Kier molecular flexibility index (Phi) is 4.59. The van der Waals surface area contributed by atoms with Crippen molar-refractivity contribution in [1.82, 2.24) is 29.6 Å². The quantitative estimate of drug-likeness (QED) is 0.568. The van der Waals surface area contributed by atoms with Crippen LogP contribution in [0.2, 0.25) is 0 Å². The number of aromatic nitrogens is 5. The van der Waals surface area contributed by atoms with E-state index in [1.54, 1.807) is 30.9 Å². The summed E-state index contributed by atoms with van der Waals surface area (Å²) in [5.74, 6) is -0.0462. The van der Waals surface area contributed by atoms with E-state index in [-0.39, 0.29) is 17.5 Å².